The Morgan fingerprint density at radius 3 is 1.73 bits per heavy atom. The van der Waals surface area contributed by atoms with Gasteiger partial charge in [0.05, 0.1) is 0 Å². The van der Waals surface area contributed by atoms with E-state index in [0.29, 0.717) is 0 Å². The van der Waals surface area contributed by atoms with Crippen LogP contribution in [0.2, 0.25) is 0 Å². The van der Waals surface area contributed by atoms with Gasteiger partial charge in [-0.15, -0.1) is 0 Å². The van der Waals surface area contributed by atoms with Gasteiger partial charge in [0.25, 0.3) is 0 Å². The van der Waals surface area contributed by atoms with Crippen molar-refractivity contribution in [3.05, 3.63) is 35.9 Å². The summed E-state index contributed by atoms with van der Waals surface area (Å²) < 4.78 is 82.0. The molecule has 33 heavy (non-hydrogen) atoms. The number of carbonyl (C=O) groups is 2. The van der Waals surface area contributed by atoms with Gasteiger partial charge in [0, 0.05) is 33.6 Å². The maximum absolute atomic E-state index is 12.6. The highest BCUT2D eigenvalue weighted by atomic mass is 19.4. The van der Waals surface area contributed by atoms with Crippen molar-refractivity contribution < 1.29 is 55.6 Å². The van der Waals surface area contributed by atoms with Crippen molar-refractivity contribution in [1.82, 2.24) is 5.32 Å². The molecule has 0 aliphatic heterocycles. The molecule has 14 heteroatoms. The smallest absolute Gasteiger partial charge is 0.414 e. The number of benzene rings is 1. The number of hydrogen-bond donors (Lipinski definition) is 4. The zero-order chi connectivity index (χ0) is 25.8. The summed E-state index contributed by atoms with van der Waals surface area (Å²) in [6.45, 7) is 0.173. The monoisotopic (exact) mass is 492 g/mol. The average Bonchev–Trinajstić information content (AvgIpc) is 2.70. The normalized spacial score (nSPS) is 15.5. The van der Waals surface area contributed by atoms with E-state index in [0.717, 1.165) is 19.8 Å². The number of aliphatic carboxylic acids is 2. The second kappa shape index (κ2) is 14.0. The summed E-state index contributed by atoms with van der Waals surface area (Å²) in [4.78, 5) is 21.1. The third-order valence-corrected chi connectivity index (χ3v) is 4.23. The molecule has 1 rings (SSSR count). The predicted octanol–water partition coefficient (Wildman–Crippen LogP) is 2.56. The molecule has 0 radical (unpaired) electrons. The van der Waals surface area contributed by atoms with E-state index in [1.54, 1.807) is 30.3 Å². The Labute approximate surface area is 185 Å². The molecule has 8 nitrogen and oxygen atoms in total. The van der Waals surface area contributed by atoms with Crippen LogP contribution < -0.4 is 11.1 Å². The number of rotatable bonds is 11. The van der Waals surface area contributed by atoms with Gasteiger partial charge in [-0.1, -0.05) is 30.3 Å². The van der Waals surface area contributed by atoms with Crippen molar-refractivity contribution >= 4 is 11.9 Å². The summed E-state index contributed by atoms with van der Waals surface area (Å²) in [5.41, 5.74) is 5.70. The standard InChI is InChI=1S/C13H16F3NO3.C6H10F3NO3/c1-20-11(13(14,15)16)7-10(12(18)19)17-8-9-5-3-2-4-6-9;1-13-4(6(7,8)9)2-3(10)5(11)12/h2-6,10-11,17H,7-8H2,1H3,(H,18,19);3-4H,2,10H2,1H3,(H,11,12). The molecule has 0 spiro atoms. The molecule has 4 atom stereocenters. The molecule has 1 aromatic carbocycles. The first-order valence-electron chi connectivity index (χ1n) is 9.30. The minimum Gasteiger partial charge on any atom is -0.480 e. The maximum Gasteiger partial charge on any atom is 0.414 e. The minimum absolute atomic E-state index is 0.173. The molecule has 0 amide bonds. The molecule has 4 unspecified atom stereocenters. The lowest BCUT2D eigenvalue weighted by Gasteiger charge is -2.23. The van der Waals surface area contributed by atoms with E-state index < -0.39 is 61.4 Å². The largest absolute Gasteiger partial charge is 0.480 e. The fourth-order valence-electron chi connectivity index (χ4n) is 2.38. The Bertz CT molecular complexity index is 717. The topological polar surface area (TPSA) is 131 Å². The summed E-state index contributed by atoms with van der Waals surface area (Å²) in [5.74, 6) is -2.82. The van der Waals surface area contributed by atoms with E-state index in [1.807, 2.05) is 0 Å². The highest BCUT2D eigenvalue weighted by Crippen LogP contribution is 2.26. The molecule has 0 saturated carbocycles. The quantitative estimate of drug-likeness (QED) is 0.347. The number of methoxy groups -OCH3 is 2. The molecule has 190 valence electrons. The summed E-state index contributed by atoms with van der Waals surface area (Å²) >= 11 is 0. The first kappa shape index (κ1) is 30.6. The van der Waals surface area contributed by atoms with E-state index in [2.05, 4.69) is 14.8 Å². The van der Waals surface area contributed by atoms with Gasteiger partial charge in [-0.25, -0.2) is 0 Å². The summed E-state index contributed by atoms with van der Waals surface area (Å²) in [7, 11) is 1.76. The zero-order valence-corrected chi connectivity index (χ0v) is 17.7. The van der Waals surface area contributed by atoms with Crippen LogP contribution in [0.3, 0.4) is 0 Å². The first-order chi connectivity index (χ1) is 15.1. The number of ether oxygens (including phenoxy) is 2. The van der Waals surface area contributed by atoms with Gasteiger partial charge < -0.3 is 30.7 Å². The Balaban J connectivity index is 0.000000684. The molecule has 0 aromatic heterocycles. The number of nitrogens with two attached hydrogens (primary N) is 1. The number of alkyl halides is 6. The van der Waals surface area contributed by atoms with E-state index >= 15 is 0 Å². The number of nitrogens with one attached hydrogen (secondary N) is 1. The van der Waals surface area contributed by atoms with Crippen LogP contribution in [0.1, 0.15) is 18.4 Å². The number of halogens is 6. The van der Waals surface area contributed by atoms with Gasteiger partial charge in [-0.05, 0) is 5.56 Å². The van der Waals surface area contributed by atoms with Crippen LogP contribution in [0.25, 0.3) is 0 Å². The zero-order valence-electron chi connectivity index (χ0n) is 17.7. The van der Waals surface area contributed by atoms with Gasteiger partial charge in [0.2, 0.25) is 0 Å². The van der Waals surface area contributed by atoms with Crippen LogP contribution in [-0.4, -0.2) is 73.0 Å². The molecule has 0 aliphatic carbocycles. The fraction of sp³-hybridized carbons (Fsp3) is 0.579. The Morgan fingerprint density at radius 1 is 0.909 bits per heavy atom. The number of carboxylic acid groups (broad SMARTS) is 2. The lowest BCUT2D eigenvalue weighted by atomic mass is 10.1. The van der Waals surface area contributed by atoms with Gasteiger partial charge >= 0.3 is 24.3 Å². The second-order valence-electron chi connectivity index (χ2n) is 6.71. The fourth-order valence-corrected chi connectivity index (χ4v) is 2.38. The highest BCUT2D eigenvalue weighted by Gasteiger charge is 2.43. The first-order valence-corrected chi connectivity index (χ1v) is 9.30. The van der Waals surface area contributed by atoms with Gasteiger partial charge in [0.15, 0.2) is 12.2 Å². The van der Waals surface area contributed by atoms with Crippen molar-refractivity contribution in [2.45, 2.75) is 56.0 Å². The van der Waals surface area contributed by atoms with Gasteiger partial charge in [-0.3, -0.25) is 9.59 Å². The lowest BCUT2D eigenvalue weighted by Crippen LogP contribution is -2.43. The molecule has 0 fully saturated rings. The van der Waals surface area contributed by atoms with Crippen LogP contribution in [0.15, 0.2) is 30.3 Å². The van der Waals surface area contributed by atoms with Gasteiger partial charge in [0.1, 0.15) is 12.1 Å². The van der Waals surface area contributed by atoms with Crippen molar-refractivity contribution in [2.75, 3.05) is 14.2 Å². The van der Waals surface area contributed by atoms with Crippen molar-refractivity contribution in [1.29, 1.82) is 0 Å². The Morgan fingerprint density at radius 2 is 1.36 bits per heavy atom. The molecular weight excluding hydrogens is 466 g/mol. The molecule has 0 bridgehead atoms. The van der Waals surface area contributed by atoms with Gasteiger partial charge in [-0.2, -0.15) is 26.3 Å². The Hall–Kier alpha value is -2.42. The van der Waals surface area contributed by atoms with E-state index in [4.69, 9.17) is 15.9 Å². The second-order valence-corrected chi connectivity index (χ2v) is 6.71. The summed E-state index contributed by atoms with van der Waals surface area (Å²) in [5, 5.41) is 19.8. The molecule has 5 N–H and O–H groups in total. The maximum atomic E-state index is 12.6. The summed E-state index contributed by atoms with van der Waals surface area (Å²) in [6, 6.07) is 5.93. The van der Waals surface area contributed by atoms with Crippen molar-refractivity contribution in [3.63, 3.8) is 0 Å². The number of hydrogen-bond acceptors (Lipinski definition) is 6. The van der Waals surface area contributed by atoms with Crippen molar-refractivity contribution in [3.8, 4) is 0 Å². The third kappa shape index (κ3) is 12.4. The molecule has 0 saturated heterocycles. The SMILES string of the molecule is COC(CC(N)C(=O)O)C(F)(F)F.COC(CC(NCc1ccccc1)C(=O)O)C(F)(F)F. The van der Waals surface area contributed by atoms with E-state index in [9.17, 15) is 35.9 Å². The predicted molar refractivity (Wildman–Crippen MR) is 103 cm³/mol. The molecular formula is C19H26F6N2O6. The van der Waals surface area contributed by atoms with Crippen molar-refractivity contribution in [2.24, 2.45) is 5.73 Å². The lowest BCUT2D eigenvalue weighted by molar-refractivity contribution is -0.216. The van der Waals surface area contributed by atoms with Crippen LogP contribution in [0.4, 0.5) is 26.3 Å². The molecule has 0 heterocycles. The number of carboxylic acids is 2. The third-order valence-electron chi connectivity index (χ3n) is 4.23. The van der Waals surface area contributed by atoms with Crippen LogP contribution in [-0.2, 0) is 25.6 Å². The molecule has 1 aromatic rings. The summed E-state index contributed by atoms with van der Waals surface area (Å²) in [6.07, 6.45) is -14.9. The van der Waals surface area contributed by atoms with Crippen LogP contribution >= 0.6 is 0 Å². The molecule has 0 aliphatic rings. The average molecular weight is 492 g/mol. The van der Waals surface area contributed by atoms with E-state index in [-0.39, 0.29) is 6.54 Å². The van der Waals surface area contributed by atoms with Crippen LogP contribution in [0.5, 0.6) is 0 Å². The minimum atomic E-state index is -4.59. The van der Waals surface area contributed by atoms with E-state index in [1.165, 1.54) is 0 Å². The van der Waals surface area contributed by atoms with Crippen LogP contribution in [0, 0.1) is 0 Å². The Kier molecular flexibility index (Phi) is 13.0. The highest BCUT2D eigenvalue weighted by molar-refractivity contribution is 5.73.